The Morgan fingerprint density at radius 2 is 1.83 bits per heavy atom. The third-order valence-electron chi connectivity index (χ3n) is 4.47. The fourth-order valence-corrected chi connectivity index (χ4v) is 4.06. The largest absolute Gasteiger partial charge is 0.333 e. The van der Waals surface area contributed by atoms with Crippen molar-refractivity contribution < 1.29 is 4.79 Å². The summed E-state index contributed by atoms with van der Waals surface area (Å²) in [5.41, 5.74) is 2.11. The second-order valence-electron chi connectivity index (χ2n) is 6.14. The SMILES string of the molecule is C[C@H]1CNCCN1C(=O)c1ccc(CN2CCSCC2)cc1.Cl.Cl. The Balaban J connectivity index is 0.00000144. The van der Waals surface area contributed by atoms with Crippen molar-refractivity contribution in [1.29, 1.82) is 0 Å². The monoisotopic (exact) mass is 391 g/mol. The highest BCUT2D eigenvalue weighted by atomic mass is 35.5. The predicted molar refractivity (Wildman–Crippen MR) is 107 cm³/mol. The Bertz CT molecular complexity index is 509. The topological polar surface area (TPSA) is 35.6 Å². The number of thioether (sulfide) groups is 1. The number of amides is 1. The maximum Gasteiger partial charge on any atom is 0.254 e. The van der Waals surface area contributed by atoms with Gasteiger partial charge < -0.3 is 10.2 Å². The second kappa shape index (κ2) is 10.5. The number of hydrogen-bond acceptors (Lipinski definition) is 4. The molecule has 0 aromatic heterocycles. The highest BCUT2D eigenvalue weighted by molar-refractivity contribution is 7.99. The van der Waals surface area contributed by atoms with Crippen LogP contribution in [-0.4, -0.2) is 66.0 Å². The molecule has 24 heavy (non-hydrogen) atoms. The normalized spacial score (nSPS) is 21.5. The lowest BCUT2D eigenvalue weighted by Gasteiger charge is -2.34. The number of piperazine rings is 1. The van der Waals surface area contributed by atoms with Gasteiger partial charge in [0.1, 0.15) is 0 Å². The van der Waals surface area contributed by atoms with Crippen molar-refractivity contribution in [1.82, 2.24) is 15.1 Å². The van der Waals surface area contributed by atoms with Gasteiger partial charge in [-0.25, -0.2) is 0 Å². The first-order valence-electron chi connectivity index (χ1n) is 8.15. The van der Waals surface area contributed by atoms with Crippen molar-refractivity contribution in [3.63, 3.8) is 0 Å². The van der Waals surface area contributed by atoms with Gasteiger partial charge in [0, 0.05) is 62.4 Å². The van der Waals surface area contributed by atoms with Gasteiger partial charge in [0.25, 0.3) is 5.91 Å². The summed E-state index contributed by atoms with van der Waals surface area (Å²) in [7, 11) is 0. The summed E-state index contributed by atoms with van der Waals surface area (Å²) in [4.78, 5) is 17.1. The third kappa shape index (κ3) is 5.53. The minimum atomic E-state index is 0. The van der Waals surface area contributed by atoms with Gasteiger partial charge in [-0.15, -0.1) is 24.8 Å². The second-order valence-corrected chi connectivity index (χ2v) is 7.36. The molecule has 1 atom stereocenters. The van der Waals surface area contributed by atoms with E-state index in [-0.39, 0.29) is 36.8 Å². The van der Waals surface area contributed by atoms with Gasteiger partial charge in [0.05, 0.1) is 0 Å². The molecule has 1 aromatic rings. The average molecular weight is 392 g/mol. The van der Waals surface area contributed by atoms with Crippen LogP contribution in [0.25, 0.3) is 0 Å². The van der Waals surface area contributed by atoms with E-state index in [0.29, 0.717) is 0 Å². The van der Waals surface area contributed by atoms with E-state index < -0.39 is 0 Å². The fraction of sp³-hybridized carbons (Fsp3) is 0.588. The standard InChI is InChI=1S/C17H25N3OS.2ClH/c1-14-12-18-6-7-20(14)17(21)16-4-2-15(3-5-16)13-19-8-10-22-11-9-19;;/h2-5,14,18H,6-13H2,1H3;2*1H/t14-;;/m0../s1. The van der Waals surface area contributed by atoms with Crippen LogP contribution in [0.15, 0.2) is 24.3 Å². The van der Waals surface area contributed by atoms with Gasteiger partial charge in [-0.05, 0) is 24.6 Å². The molecule has 1 N–H and O–H groups in total. The van der Waals surface area contributed by atoms with Crippen molar-refractivity contribution in [2.24, 2.45) is 0 Å². The molecule has 1 aromatic carbocycles. The van der Waals surface area contributed by atoms with E-state index in [0.717, 1.165) is 31.7 Å². The minimum Gasteiger partial charge on any atom is -0.333 e. The summed E-state index contributed by atoms with van der Waals surface area (Å²) in [6, 6.07) is 8.48. The maximum atomic E-state index is 12.6. The molecule has 0 radical (unpaired) electrons. The van der Waals surface area contributed by atoms with Crippen molar-refractivity contribution in [2.45, 2.75) is 19.5 Å². The summed E-state index contributed by atoms with van der Waals surface area (Å²) < 4.78 is 0. The third-order valence-corrected chi connectivity index (χ3v) is 5.42. The molecule has 2 fully saturated rings. The molecular formula is C17H27Cl2N3OS. The van der Waals surface area contributed by atoms with Crippen LogP contribution in [0.2, 0.25) is 0 Å². The molecule has 2 saturated heterocycles. The molecule has 0 bridgehead atoms. The Hall–Kier alpha value is -0.460. The van der Waals surface area contributed by atoms with Crippen molar-refractivity contribution in [2.75, 3.05) is 44.2 Å². The number of benzene rings is 1. The molecule has 0 spiro atoms. The number of carbonyl (C=O) groups is 1. The lowest BCUT2D eigenvalue weighted by Crippen LogP contribution is -2.52. The van der Waals surface area contributed by atoms with Gasteiger partial charge in [0.2, 0.25) is 0 Å². The molecule has 7 heteroatoms. The van der Waals surface area contributed by atoms with Gasteiger partial charge in [-0.2, -0.15) is 11.8 Å². The molecule has 1 amide bonds. The number of rotatable bonds is 3. The molecule has 0 aliphatic carbocycles. The van der Waals surface area contributed by atoms with Crippen LogP contribution in [0.3, 0.4) is 0 Å². The minimum absolute atomic E-state index is 0. The first kappa shape index (κ1) is 21.6. The molecule has 2 aliphatic rings. The molecule has 0 saturated carbocycles. The Morgan fingerprint density at radius 3 is 2.46 bits per heavy atom. The number of hydrogen-bond donors (Lipinski definition) is 1. The first-order valence-corrected chi connectivity index (χ1v) is 9.30. The summed E-state index contributed by atoms with van der Waals surface area (Å²) in [6.45, 7) is 8.02. The van der Waals surface area contributed by atoms with Crippen molar-refractivity contribution >= 4 is 42.5 Å². The van der Waals surface area contributed by atoms with Crippen LogP contribution in [0.4, 0.5) is 0 Å². The van der Waals surface area contributed by atoms with Crippen molar-refractivity contribution in [3.8, 4) is 0 Å². The molecule has 2 aliphatic heterocycles. The zero-order valence-corrected chi connectivity index (χ0v) is 16.5. The van der Waals surface area contributed by atoms with Crippen LogP contribution in [0.1, 0.15) is 22.8 Å². The zero-order chi connectivity index (χ0) is 15.4. The highest BCUT2D eigenvalue weighted by Gasteiger charge is 2.23. The number of nitrogens with one attached hydrogen (secondary N) is 1. The van der Waals surface area contributed by atoms with Crippen molar-refractivity contribution in [3.05, 3.63) is 35.4 Å². The molecule has 4 nitrogen and oxygen atoms in total. The van der Waals surface area contributed by atoms with Gasteiger partial charge >= 0.3 is 0 Å². The van der Waals surface area contributed by atoms with E-state index in [2.05, 4.69) is 29.3 Å². The van der Waals surface area contributed by atoms with E-state index >= 15 is 0 Å². The van der Waals surface area contributed by atoms with Crippen LogP contribution in [0.5, 0.6) is 0 Å². The molecule has 136 valence electrons. The van der Waals surface area contributed by atoms with E-state index in [9.17, 15) is 4.79 Å². The summed E-state index contributed by atoms with van der Waals surface area (Å²) in [6.07, 6.45) is 0. The maximum absolute atomic E-state index is 12.6. The lowest BCUT2D eigenvalue weighted by atomic mass is 10.1. The van der Waals surface area contributed by atoms with E-state index in [4.69, 9.17) is 0 Å². The smallest absolute Gasteiger partial charge is 0.254 e. The number of carbonyl (C=O) groups excluding carboxylic acids is 1. The van der Waals surface area contributed by atoms with Gasteiger partial charge in [-0.1, -0.05) is 12.1 Å². The molecular weight excluding hydrogens is 365 g/mol. The molecule has 0 unspecified atom stereocenters. The van der Waals surface area contributed by atoms with Crippen LogP contribution in [0, 0.1) is 0 Å². The molecule has 2 heterocycles. The van der Waals surface area contributed by atoms with E-state index in [1.165, 1.54) is 30.2 Å². The van der Waals surface area contributed by atoms with Gasteiger partial charge in [-0.3, -0.25) is 9.69 Å². The fourth-order valence-electron chi connectivity index (χ4n) is 3.08. The Morgan fingerprint density at radius 1 is 1.17 bits per heavy atom. The number of nitrogens with zero attached hydrogens (tertiary/aromatic N) is 2. The van der Waals surface area contributed by atoms with Gasteiger partial charge in [0.15, 0.2) is 0 Å². The zero-order valence-electron chi connectivity index (χ0n) is 14.1. The summed E-state index contributed by atoms with van der Waals surface area (Å²) >= 11 is 2.03. The molecule has 3 rings (SSSR count). The van der Waals surface area contributed by atoms with Crippen LogP contribution in [-0.2, 0) is 6.54 Å². The van der Waals surface area contributed by atoms with Crippen LogP contribution < -0.4 is 5.32 Å². The number of halogens is 2. The van der Waals surface area contributed by atoms with E-state index in [1.54, 1.807) is 0 Å². The lowest BCUT2D eigenvalue weighted by molar-refractivity contribution is 0.0655. The first-order chi connectivity index (χ1) is 10.7. The van der Waals surface area contributed by atoms with Crippen LogP contribution >= 0.6 is 36.6 Å². The quantitative estimate of drug-likeness (QED) is 0.858. The Kier molecular flexibility index (Phi) is 9.45. The highest BCUT2D eigenvalue weighted by Crippen LogP contribution is 2.15. The van der Waals surface area contributed by atoms with E-state index in [1.807, 2.05) is 28.8 Å². The Labute approximate surface area is 161 Å². The summed E-state index contributed by atoms with van der Waals surface area (Å²) in [5.74, 6) is 2.63. The predicted octanol–water partition coefficient (Wildman–Crippen LogP) is 2.51. The average Bonchev–Trinajstić information content (AvgIpc) is 2.56. The summed E-state index contributed by atoms with van der Waals surface area (Å²) in [5, 5.41) is 3.32.